The molecule has 0 aliphatic carbocycles. The SMILES string of the molecule is CC(=O)OC[C@@H]1[C@@H](OCc2ccccc2)[C@H](OCc2ccccc2)[C@@H](OCc2ccccc2)CN1OC(C)(C)C. The van der Waals surface area contributed by atoms with E-state index in [9.17, 15) is 4.79 Å². The summed E-state index contributed by atoms with van der Waals surface area (Å²) < 4.78 is 25.3. The quantitative estimate of drug-likeness (QED) is 0.269. The van der Waals surface area contributed by atoms with Gasteiger partial charge in [-0.05, 0) is 37.5 Å². The van der Waals surface area contributed by atoms with Crippen LogP contribution in [0.15, 0.2) is 91.0 Å². The molecule has 7 heteroatoms. The molecule has 1 aliphatic rings. The van der Waals surface area contributed by atoms with Gasteiger partial charge in [-0.15, -0.1) is 0 Å². The molecule has 1 saturated heterocycles. The lowest BCUT2D eigenvalue weighted by Crippen LogP contribution is -2.65. The molecular weight excluding hydrogens is 506 g/mol. The average molecular weight is 548 g/mol. The lowest BCUT2D eigenvalue weighted by atomic mass is 9.94. The number of ether oxygens (including phenoxy) is 4. The molecule has 40 heavy (non-hydrogen) atoms. The third-order valence-electron chi connectivity index (χ3n) is 6.53. The first-order valence-electron chi connectivity index (χ1n) is 13.8. The minimum atomic E-state index is -0.514. The molecule has 0 radical (unpaired) electrons. The molecule has 0 aromatic heterocycles. The van der Waals surface area contributed by atoms with Crippen molar-refractivity contribution in [1.82, 2.24) is 5.06 Å². The summed E-state index contributed by atoms with van der Waals surface area (Å²) in [6.07, 6.45) is -1.34. The number of benzene rings is 3. The number of hydrogen-bond acceptors (Lipinski definition) is 7. The van der Waals surface area contributed by atoms with Crippen molar-refractivity contribution in [3.8, 4) is 0 Å². The van der Waals surface area contributed by atoms with Gasteiger partial charge in [0.15, 0.2) is 0 Å². The van der Waals surface area contributed by atoms with E-state index in [2.05, 4.69) is 0 Å². The maximum atomic E-state index is 11.9. The Morgan fingerprint density at radius 1 is 0.725 bits per heavy atom. The van der Waals surface area contributed by atoms with Crippen LogP contribution in [0.2, 0.25) is 0 Å². The fourth-order valence-electron chi connectivity index (χ4n) is 4.71. The highest BCUT2D eigenvalue weighted by atomic mass is 16.7. The molecule has 3 aromatic carbocycles. The Labute approximate surface area is 237 Å². The van der Waals surface area contributed by atoms with Crippen LogP contribution in [-0.2, 0) is 48.4 Å². The van der Waals surface area contributed by atoms with Crippen molar-refractivity contribution >= 4 is 5.97 Å². The Bertz CT molecular complexity index is 1150. The first-order chi connectivity index (χ1) is 19.3. The van der Waals surface area contributed by atoms with Crippen molar-refractivity contribution in [1.29, 1.82) is 0 Å². The zero-order valence-electron chi connectivity index (χ0n) is 23.9. The van der Waals surface area contributed by atoms with E-state index >= 15 is 0 Å². The maximum absolute atomic E-state index is 11.9. The molecule has 3 aromatic rings. The highest BCUT2D eigenvalue weighted by molar-refractivity contribution is 5.65. The average Bonchev–Trinajstić information content (AvgIpc) is 2.94. The topological polar surface area (TPSA) is 66.5 Å². The van der Waals surface area contributed by atoms with E-state index in [-0.39, 0.29) is 18.7 Å². The van der Waals surface area contributed by atoms with Crippen LogP contribution in [0.25, 0.3) is 0 Å². The van der Waals surface area contributed by atoms with Gasteiger partial charge < -0.3 is 18.9 Å². The van der Waals surface area contributed by atoms with E-state index in [1.165, 1.54) is 6.92 Å². The molecule has 0 spiro atoms. The van der Waals surface area contributed by atoms with Gasteiger partial charge in [0.05, 0.1) is 38.0 Å². The molecule has 1 aliphatic heterocycles. The van der Waals surface area contributed by atoms with Crippen LogP contribution in [-0.4, -0.2) is 54.1 Å². The number of nitrogens with zero attached hydrogens (tertiary/aromatic N) is 1. The predicted molar refractivity (Wildman–Crippen MR) is 153 cm³/mol. The summed E-state index contributed by atoms with van der Waals surface area (Å²) in [6.45, 7) is 9.08. The number of piperidine rings is 1. The van der Waals surface area contributed by atoms with Crippen molar-refractivity contribution in [3.63, 3.8) is 0 Å². The number of carbonyl (C=O) groups excluding carboxylic acids is 1. The molecule has 7 nitrogen and oxygen atoms in total. The summed E-state index contributed by atoms with van der Waals surface area (Å²) in [6, 6.07) is 29.7. The molecule has 1 fully saturated rings. The van der Waals surface area contributed by atoms with Gasteiger partial charge in [0.25, 0.3) is 0 Å². The molecule has 1 heterocycles. The fourth-order valence-corrected chi connectivity index (χ4v) is 4.71. The zero-order valence-corrected chi connectivity index (χ0v) is 23.9. The normalized spacial score (nSPS) is 21.7. The van der Waals surface area contributed by atoms with Crippen molar-refractivity contribution in [2.24, 2.45) is 0 Å². The molecule has 0 N–H and O–H groups in total. The van der Waals surface area contributed by atoms with Crippen LogP contribution in [0, 0.1) is 0 Å². The van der Waals surface area contributed by atoms with E-state index in [1.54, 1.807) is 0 Å². The number of esters is 1. The standard InChI is InChI=1S/C33H41NO6/c1-25(35)36-24-29-31(38-22-27-16-10-6-11-17-27)32(39-23-28-18-12-7-13-19-28)30(20-34(29)40-33(2,3)4)37-21-26-14-8-5-9-15-26/h5-19,29-32H,20-24H2,1-4H3/t29-,30+,31-,32-/m1/s1. The predicted octanol–water partition coefficient (Wildman–Crippen LogP) is 5.72. The Kier molecular flexibility index (Phi) is 10.9. The molecular formula is C33H41NO6. The molecule has 0 amide bonds. The second kappa shape index (κ2) is 14.5. The third kappa shape index (κ3) is 9.25. The summed E-state index contributed by atoms with van der Waals surface area (Å²) in [5.41, 5.74) is 2.67. The Morgan fingerprint density at radius 2 is 1.18 bits per heavy atom. The Hall–Kier alpha value is -3.07. The molecule has 0 unspecified atom stereocenters. The van der Waals surface area contributed by atoms with E-state index < -0.39 is 23.9 Å². The van der Waals surface area contributed by atoms with Crippen LogP contribution in [0.4, 0.5) is 0 Å². The van der Waals surface area contributed by atoms with E-state index in [0.717, 1.165) is 16.7 Å². The van der Waals surface area contributed by atoms with Crippen LogP contribution in [0.1, 0.15) is 44.4 Å². The van der Waals surface area contributed by atoms with E-state index in [4.69, 9.17) is 23.8 Å². The summed E-state index contributed by atoms with van der Waals surface area (Å²) in [5, 5.41) is 1.86. The first kappa shape index (κ1) is 29.9. The van der Waals surface area contributed by atoms with Crippen molar-refractivity contribution < 1.29 is 28.6 Å². The summed E-state index contributed by atoms with van der Waals surface area (Å²) in [7, 11) is 0. The Balaban J connectivity index is 1.65. The summed E-state index contributed by atoms with van der Waals surface area (Å²) >= 11 is 0. The molecule has 214 valence electrons. The second-order valence-electron chi connectivity index (χ2n) is 11.0. The number of hydrogen-bond donors (Lipinski definition) is 0. The molecule has 4 rings (SSSR count). The fraction of sp³-hybridized carbons (Fsp3) is 0.424. The van der Waals surface area contributed by atoms with Crippen molar-refractivity contribution in [3.05, 3.63) is 108 Å². The highest BCUT2D eigenvalue weighted by Gasteiger charge is 2.48. The lowest BCUT2D eigenvalue weighted by molar-refractivity contribution is -0.320. The summed E-state index contributed by atoms with van der Waals surface area (Å²) in [5.74, 6) is -0.360. The monoisotopic (exact) mass is 547 g/mol. The number of rotatable bonds is 12. The third-order valence-corrected chi connectivity index (χ3v) is 6.53. The van der Waals surface area contributed by atoms with Crippen LogP contribution < -0.4 is 0 Å². The van der Waals surface area contributed by atoms with Crippen LogP contribution in [0.5, 0.6) is 0 Å². The number of hydroxylamine groups is 2. The van der Waals surface area contributed by atoms with Gasteiger partial charge in [-0.2, -0.15) is 5.06 Å². The van der Waals surface area contributed by atoms with Gasteiger partial charge in [0, 0.05) is 6.92 Å². The van der Waals surface area contributed by atoms with Gasteiger partial charge in [-0.25, -0.2) is 0 Å². The highest BCUT2D eigenvalue weighted by Crippen LogP contribution is 2.31. The van der Waals surface area contributed by atoms with Gasteiger partial charge in [-0.1, -0.05) is 91.0 Å². The molecule has 4 atom stereocenters. The zero-order chi connectivity index (χ0) is 28.4. The smallest absolute Gasteiger partial charge is 0.302 e. The first-order valence-corrected chi connectivity index (χ1v) is 13.8. The van der Waals surface area contributed by atoms with Crippen LogP contribution >= 0.6 is 0 Å². The van der Waals surface area contributed by atoms with Gasteiger partial charge in [0.1, 0.15) is 24.9 Å². The summed E-state index contributed by atoms with van der Waals surface area (Å²) in [4.78, 5) is 18.3. The van der Waals surface area contributed by atoms with Gasteiger partial charge in [-0.3, -0.25) is 9.63 Å². The second-order valence-corrected chi connectivity index (χ2v) is 11.0. The van der Waals surface area contributed by atoms with Crippen molar-refractivity contribution in [2.45, 2.75) is 77.5 Å². The lowest BCUT2D eigenvalue weighted by Gasteiger charge is -2.48. The maximum Gasteiger partial charge on any atom is 0.302 e. The van der Waals surface area contributed by atoms with Crippen LogP contribution in [0.3, 0.4) is 0 Å². The van der Waals surface area contributed by atoms with Crippen molar-refractivity contribution in [2.75, 3.05) is 13.2 Å². The number of carbonyl (C=O) groups is 1. The minimum absolute atomic E-state index is 0.0987. The largest absolute Gasteiger partial charge is 0.464 e. The molecule has 0 bridgehead atoms. The molecule has 0 saturated carbocycles. The van der Waals surface area contributed by atoms with E-state index in [0.29, 0.717) is 26.4 Å². The van der Waals surface area contributed by atoms with Gasteiger partial charge in [0.2, 0.25) is 0 Å². The van der Waals surface area contributed by atoms with E-state index in [1.807, 2.05) is 117 Å². The minimum Gasteiger partial charge on any atom is -0.464 e. The van der Waals surface area contributed by atoms with Gasteiger partial charge >= 0.3 is 5.97 Å². The Morgan fingerprint density at radius 3 is 1.62 bits per heavy atom.